The molecule has 5 nitrogen and oxygen atoms in total. The standard InChI is InChI=1S/C23H17Cl2N3O2S/c1-3-4-7-15-9-16(11-17(24)10-15)19-21(29)27-8-5-6-14(2)20(27)28(22(19)30)13-18-12-26-23(25)31-18/h5-6,8-12H,3,13H2,1-2H3/p+1. The Labute approximate surface area is 193 Å². The van der Waals surface area contributed by atoms with E-state index in [0.717, 1.165) is 10.4 Å². The summed E-state index contributed by atoms with van der Waals surface area (Å²) in [5.74, 6) is 5.89. The number of fused-ring (bicyclic) bond motifs is 1. The molecule has 0 radical (unpaired) electrons. The van der Waals surface area contributed by atoms with Crippen LogP contribution in [-0.4, -0.2) is 14.5 Å². The molecule has 8 heteroatoms. The Balaban J connectivity index is 2.03. The van der Waals surface area contributed by atoms with Crippen LogP contribution in [0.25, 0.3) is 16.8 Å². The van der Waals surface area contributed by atoms with Crippen LogP contribution in [-0.2, 0) is 6.54 Å². The number of hydrogen-bond acceptors (Lipinski definition) is 4. The minimum absolute atomic E-state index is 0.152. The molecule has 0 fully saturated rings. The van der Waals surface area contributed by atoms with Crippen molar-refractivity contribution in [3.63, 3.8) is 0 Å². The zero-order chi connectivity index (χ0) is 22.1. The van der Waals surface area contributed by atoms with Crippen molar-refractivity contribution in [1.82, 2.24) is 9.38 Å². The van der Waals surface area contributed by atoms with E-state index < -0.39 is 0 Å². The number of aromatic hydroxyl groups is 1. The van der Waals surface area contributed by atoms with Gasteiger partial charge in [-0.3, -0.25) is 0 Å². The Morgan fingerprint density at radius 1 is 1.29 bits per heavy atom. The number of thiazole rings is 1. The van der Waals surface area contributed by atoms with Gasteiger partial charge in [-0.15, -0.1) is 11.3 Å². The first-order valence-corrected chi connectivity index (χ1v) is 11.1. The average Bonchev–Trinajstić information content (AvgIpc) is 3.14. The van der Waals surface area contributed by atoms with Gasteiger partial charge in [-0.2, -0.15) is 8.97 Å². The average molecular weight is 471 g/mol. The highest BCUT2D eigenvalue weighted by Crippen LogP contribution is 2.28. The lowest BCUT2D eigenvalue weighted by atomic mass is 10.0. The molecule has 0 saturated carbocycles. The van der Waals surface area contributed by atoms with Crippen LogP contribution in [0.15, 0.2) is 47.5 Å². The van der Waals surface area contributed by atoms with Crippen LogP contribution < -0.4 is 10.1 Å². The molecule has 3 aromatic heterocycles. The zero-order valence-electron chi connectivity index (χ0n) is 16.8. The molecule has 31 heavy (non-hydrogen) atoms. The molecule has 0 atom stereocenters. The Morgan fingerprint density at radius 3 is 2.81 bits per heavy atom. The predicted octanol–water partition coefficient (Wildman–Crippen LogP) is 4.84. The fourth-order valence-electron chi connectivity index (χ4n) is 3.48. The van der Waals surface area contributed by atoms with Crippen LogP contribution in [0.2, 0.25) is 9.49 Å². The van der Waals surface area contributed by atoms with Gasteiger partial charge in [0, 0.05) is 34.3 Å². The van der Waals surface area contributed by atoms with Crippen molar-refractivity contribution in [2.45, 2.75) is 26.8 Å². The molecule has 0 aliphatic heterocycles. The number of aromatic nitrogens is 3. The van der Waals surface area contributed by atoms with E-state index in [4.69, 9.17) is 23.2 Å². The van der Waals surface area contributed by atoms with Crippen LogP contribution >= 0.6 is 34.5 Å². The molecule has 0 unspecified atom stereocenters. The summed E-state index contributed by atoms with van der Waals surface area (Å²) in [5.41, 5.74) is 2.43. The minimum atomic E-state index is -0.341. The predicted molar refractivity (Wildman–Crippen MR) is 124 cm³/mol. The number of halogens is 2. The Hall–Kier alpha value is -2.85. The van der Waals surface area contributed by atoms with Crippen molar-refractivity contribution in [2.24, 2.45) is 0 Å². The van der Waals surface area contributed by atoms with Crippen molar-refractivity contribution in [1.29, 1.82) is 0 Å². The molecule has 0 amide bonds. The van der Waals surface area contributed by atoms with Gasteiger partial charge in [-0.1, -0.05) is 42.0 Å². The summed E-state index contributed by atoms with van der Waals surface area (Å²) >= 11 is 13.6. The molecule has 0 aliphatic rings. The smallest absolute Gasteiger partial charge is 0.354 e. The van der Waals surface area contributed by atoms with Crippen LogP contribution in [0.5, 0.6) is 5.88 Å². The number of pyridine rings is 1. The van der Waals surface area contributed by atoms with E-state index in [-0.39, 0.29) is 17.0 Å². The molecule has 156 valence electrons. The molecule has 0 bridgehead atoms. The number of rotatable bonds is 3. The molecule has 0 saturated heterocycles. The van der Waals surface area contributed by atoms with E-state index in [9.17, 15) is 9.90 Å². The normalized spacial score (nSPS) is 10.8. The second-order valence-corrected chi connectivity index (χ2v) is 9.07. The van der Waals surface area contributed by atoms with Gasteiger partial charge in [0.15, 0.2) is 10.0 Å². The molecular formula is C23H18Cl2N3O2S+. The van der Waals surface area contributed by atoms with Crippen LogP contribution in [0.3, 0.4) is 0 Å². The maximum absolute atomic E-state index is 13.4. The van der Waals surface area contributed by atoms with E-state index >= 15 is 0 Å². The summed E-state index contributed by atoms with van der Waals surface area (Å²) in [6.07, 6.45) is 4.05. The first kappa shape index (κ1) is 21.4. The largest absolute Gasteiger partial charge is 0.477 e. The lowest BCUT2D eigenvalue weighted by Gasteiger charge is -2.11. The van der Waals surface area contributed by atoms with Gasteiger partial charge in [0.25, 0.3) is 11.5 Å². The SMILES string of the molecule is CCC#Cc1cc(Cl)cc(-c2c(O)[n+](Cc3cnc(Cl)s3)c3c(C)cccn3c2=O)c1. The number of nitrogens with zero attached hydrogens (tertiary/aromatic N) is 3. The van der Waals surface area contributed by atoms with Gasteiger partial charge < -0.3 is 5.11 Å². The lowest BCUT2D eigenvalue weighted by Crippen LogP contribution is -2.41. The fraction of sp³-hybridized carbons (Fsp3) is 0.174. The van der Waals surface area contributed by atoms with Crippen LogP contribution in [0.1, 0.15) is 29.3 Å². The van der Waals surface area contributed by atoms with Crippen molar-refractivity contribution in [2.75, 3.05) is 0 Å². The Bertz CT molecular complexity index is 1430. The number of benzene rings is 1. The highest BCUT2D eigenvalue weighted by atomic mass is 35.5. The summed E-state index contributed by atoms with van der Waals surface area (Å²) in [4.78, 5) is 18.4. The first-order valence-electron chi connectivity index (χ1n) is 9.55. The highest BCUT2D eigenvalue weighted by Gasteiger charge is 2.27. The molecule has 0 spiro atoms. The first-order chi connectivity index (χ1) is 14.9. The molecule has 1 N–H and O–H groups in total. The van der Waals surface area contributed by atoms with Gasteiger partial charge in [-0.05, 0) is 37.3 Å². The van der Waals surface area contributed by atoms with Crippen molar-refractivity contribution < 1.29 is 9.67 Å². The lowest BCUT2D eigenvalue weighted by molar-refractivity contribution is -0.671. The fourth-order valence-corrected chi connectivity index (χ4v) is 4.68. The van der Waals surface area contributed by atoms with E-state index in [1.807, 2.05) is 19.9 Å². The Kier molecular flexibility index (Phi) is 6.01. The van der Waals surface area contributed by atoms with E-state index in [2.05, 4.69) is 16.8 Å². The van der Waals surface area contributed by atoms with Gasteiger partial charge in [0.2, 0.25) is 0 Å². The molecule has 4 aromatic rings. The van der Waals surface area contributed by atoms with E-state index in [0.29, 0.717) is 39.2 Å². The van der Waals surface area contributed by atoms with Crippen molar-refractivity contribution in [3.8, 4) is 28.8 Å². The van der Waals surface area contributed by atoms with Crippen LogP contribution in [0, 0.1) is 18.8 Å². The van der Waals surface area contributed by atoms with Gasteiger partial charge >= 0.3 is 5.56 Å². The number of aryl methyl sites for hydroxylation is 1. The molecule has 0 aliphatic carbocycles. The van der Waals surface area contributed by atoms with E-state index in [1.165, 1.54) is 15.7 Å². The summed E-state index contributed by atoms with van der Waals surface area (Å²) in [6, 6.07) is 8.85. The van der Waals surface area contributed by atoms with Gasteiger partial charge in [0.1, 0.15) is 6.54 Å². The monoisotopic (exact) mass is 470 g/mol. The topological polar surface area (TPSA) is 58.5 Å². The minimum Gasteiger partial charge on any atom is -0.477 e. The highest BCUT2D eigenvalue weighted by molar-refractivity contribution is 7.15. The molecule has 1 aromatic carbocycles. The van der Waals surface area contributed by atoms with Crippen molar-refractivity contribution >= 4 is 40.2 Å². The van der Waals surface area contributed by atoms with Gasteiger partial charge in [0.05, 0.1) is 11.1 Å². The number of hydrogen-bond donors (Lipinski definition) is 1. The maximum Gasteiger partial charge on any atom is 0.354 e. The summed E-state index contributed by atoms with van der Waals surface area (Å²) in [7, 11) is 0. The quantitative estimate of drug-likeness (QED) is 0.344. The molecule has 4 rings (SSSR count). The molecular weight excluding hydrogens is 453 g/mol. The summed E-state index contributed by atoms with van der Waals surface area (Å²) in [6.45, 7) is 4.15. The zero-order valence-corrected chi connectivity index (χ0v) is 19.1. The van der Waals surface area contributed by atoms with Gasteiger partial charge in [-0.25, -0.2) is 9.78 Å². The maximum atomic E-state index is 13.4. The molecule has 3 heterocycles. The third kappa shape index (κ3) is 4.17. The second kappa shape index (κ2) is 8.72. The summed E-state index contributed by atoms with van der Waals surface area (Å²) in [5, 5.41) is 11.7. The van der Waals surface area contributed by atoms with Crippen LogP contribution in [0.4, 0.5) is 0 Å². The van der Waals surface area contributed by atoms with Crippen molar-refractivity contribution in [3.05, 3.63) is 78.6 Å². The second-order valence-electron chi connectivity index (χ2n) is 6.94. The van der Waals surface area contributed by atoms with E-state index in [1.54, 1.807) is 41.2 Å². The Morgan fingerprint density at radius 2 is 2.10 bits per heavy atom. The summed E-state index contributed by atoms with van der Waals surface area (Å²) < 4.78 is 3.64. The third-order valence-corrected chi connectivity index (χ3v) is 6.08. The third-order valence-electron chi connectivity index (χ3n) is 4.77.